The van der Waals surface area contributed by atoms with Gasteiger partial charge in [-0.1, -0.05) is 53.5 Å². The first-order valence-electron chi connectivity index (χ1n) is 11.7. The molecule has 0 amide bonds. The van der Waals surface area contributed by atoms with Crippen LogP contribution in [0.1, 0.15) is 50.2 Å². The molecule has 4 saturated carbocycles. The Balaban J connectivity index is 1.47. The predicted molar refractivity (Wildman–Crippen MR) is 131 cm³/mol. The fourth-order valence-corrected chi connectivity index (χ4v) is 7.93. The van der Waals surface area contributed by atoms with Gasteiger partial charge in [0.15, 0.2) is 0 Å². The number of rotatable bonds is 4. The highest BCUT2D eigenvalue weighted by Gasteiger charge is 2.54. The van der Waals surface area contributed by atoms with Gasteiger partial charge in [0.05, 0.1) is 22.3 Å². The summed E-state index contributed by atoms with van der Waals surface area (Å²) in [6, 6.07) is 15.2. The molecule has 2 aromatic carbocycles. The molecule has 32 heavy (non-hydrogen) atoms. The molecule has 4 aliphatic carbocycles. The number of nitrogens with zero attached hydrogens (tertiary/aromatic N) is 1. The second-order valence-corrected chi connectivity index (χ2v) is 11.3. The van der Waals surface area contributed by atoms with Gasteiger partial charge >= 0.3 is 0 Å². The lowest BCUT2D eigenvalue weighted by molar-refractivity contribution is -0.0896. The maximum absolute atomic E-state index is 11.8. The molecule has 4 bridgehead atoms. The Morgan fingerprint density at radius 2 is 1.56 bits per heavy atom. The standard InChI is InChI=1S/C27H28Cl2N2O/c28-19-9-20-21(11-23(18-4-2-1-3-5-18)31-24(20)22(29)10-19)25(32)26(30)27-12-15-6-16(13-27)8-17(7-15)14-27/h1-5,9-11,15-17,25-26,32H,6-8,12-14,30H2. The first-order chi connectivity index (χ1) is 15.4. The fraction of sp³-hybridized carbons (Fsp3) is 0.444. The minimum atomic E-state index is -0.797. The molecule has 3 aromatic rings. The lowest BCUT2D eigenvalue weighted by atomic mass is 9.47. The van der Waals surface area contributed by atoms with Gasteiger partial charge in [0.1, 0.15) is 0 Å². The van der Waals surface area contributed by atoms with Gasteiger partial charge in [0, 0.05) is 22.0 Å². The molecule has 5 heteroatoms. The molecule has 4 aliphatic rings. The number of halogens is 2. The van der Waals surface area contributed by atoms with E-state index in [2.05, 4.69) is 0 Å². The van der Waals surface area contributed by atoms with Gasteiger partial charge in [-0.05, 0) is 85.5 Å². The summed E-state index contributed by atoms with van der Waals surface area (Å²) < 4.78 is 0. The van der Waals surface area contributed by atoms with E-state index in [1.54, 1.807) is 6.07 Å². The number of aliphatic hydroxyl groups is 1. The van der Waals surface area contributed by atoms with Crippen molar-refractivity contribution in [2.45, 2.75) is 50.7 Å². The summed E-state index contributed by atoms with van der Waals surface area (Å²) >= 11 is 12.9. The van der Waals surface area contributed by atoms with Crippen LogP contribution in [0.25, 0.3) is 22.2 Å². The van der Waals surface area contributed by atoms with Crippen LogP contribution in [0.15, 0.2) is 48.5 Å². The average Bonchev–Trinajstić information content (AvgIpc) is 2.77. The van der Waals surface area contributed by atoms with E-state index < -0.39 is 6.10 Å². The van der Waals surface area contributed by atoms with Gasteiger partial charge in [-0.25, -0.2) is 4.98 Å². The molecule has 0 spiro atoms. The Hall–Kier alpha value is -1.65. The summed E-state index contributed by atoms with van der Waals surface area (Å²) in [4.78, 5) is 4.84. The minimum absolute atomic E-state index is 0.0268. The normalized spacial score (nSPS) is 30.6. The average molecular weight is 467 g/mol. The summed E-state index contributed by atoms with van der Waals surface area (Å²) in [5, 5.41) is 13.6. The van der Waals surface area contributed by atoms with E-state index in [1.807, 2.05) is 42.5 Å². The highest BCUT2D eigenvalue weighted by molar-refractivity contribution is 6.38. The maximum atomic E-state index is 11.8. The third kappa shape index (κ3) is 3.37. The summed E-state index contributed by atoms with van der Waals surface area (Å²) in [7, 11) is 0. The van der Waals surface area contributed by atoms with E-state index in [0.29, 0.717) is 15.6 Å². The first kappa shape index (κ1) is 20.9. The van der Waals surface area contributed by atoms with Crippen molar-refractivity contribution in [3.63, 3.8) is 0 Å². The molecular formula is C27H28Cl2N2O. The van der Waals surface area contributed by atoms with Crippen LogP contribution in [0, 0.1) is 23.2 Å². The lowest BCUT2D eigenvalue weighted by Crippen LogP contribution is -2.56. The molecule has 0 aliphatic heterocycles. The Bertz CT molecular complexity index is 1140. The van der Waals surface area contributed by atoms with Gasteiger partial charge in [-0.15, -0.1) is 0 Å². The number of aromatic nitrogens is 1. The largest absolute Gasteiger partial charge is 0.387 e. The molecule has 2 atom stereocenters. The first-order valence-corrected chi connectivity index (χ1v) is 12.5. The summed E-state index contributed by atoms with van der Waals surface area (Å²) in [6.45, 7) is 0. The quantitative estimate of drug-likeness (QED) is 0.444. The van der Waals surface area contributed by atoms with Gasteiger partial charge in [0.25, 0.3) is 0 Å². The van der Waals surface area contributed by atoms with Crippen molar-refractivity contribution in [3.05, 3.63) is 64.1 Å². The van der Waals surface area contributed by atoms with E-state index >= 15 is 0 Å². The third-order valence-corrected chi connectivity index (χ3v) is 8.89. The van der Waals surface area contributed by atoms with Gasteiger partial charge in [-0.3, -0.25) is 0 Å². The van der Waals surface area contributed by atoms with E-state index in [1.165, 1.54) is 19.3 Å². The van der Waals surface area contributed by atoms with Gasteiger partial charge < -0.3 is 10.8 Å². The predicted octanol–water partition coefficient (Wildman–Crippen LogP) is 6.79. The second-order valence-electron chi connectivity index (χ2n) is 10.5. The highest BCUT2D eigenvalue weighted by Crippen LogP contribution is 2.62. The number of fused-ring (bicyclic) bond motifs is 1. The lowest BCUT2D eigenvalue weighted by Gasteiger charge is -2.59. The second kappa shape index (κ2) is 7.70. The molecule has 1 aromatic heterocycles. The van der Waals surface area contributed by atoms with Crippen molar-refractivity contribution < 1.29 is 5.11 Å². The van der Waals surface area contributed by atoms with Gasteiger partial charge in [0.2, 0.25) is 0 Å². The Kier molecular flexibility index (Phi) is 5.03. The summed E-state index contributed by atoms with van der Waals surface area (Å²) in [6.07, 6.45) is 6.69. The number of nitrogens with two attached hydrogens (primary N) is 1. The molecule has 0 saturated heterocycles. The van der Waals surface area contributed by atoms with Crippen LogP contribution >= 0.6 is 23.2 Å². The Labute approximate surface area is 198 Å². The fourth-order valence-electron chi connectivity index (χ4n) is 7.39. The van der Waals surface area contributed by atoms with Crippen LogP contribution in [0.3, 0.4) is 0 Å². The number of hydrogen-bond donors (Lipinski definition) is 2. The molecule has 4 fully saturated rings. The Morgan fingerprint density at radius 3 is 2.19 bits per heavy atom. The van der Waals surface area contributed by atoms with Crippen molar-refractivity contribution in [1.82, 2.24) is 4.98 Å². The maximum Gasteiger partial charge on any atom is 0.0953 e. The zero-order valence-corrected chi connectivity index (χ0v) is 19.5. The smallest absolute Gasteiger partial charge is 0.0953 e. The number of pyridine rings is 1. The van der Waals surface area contributed by atoms with Crippen LogP contribution < -0.4 is 5.73 Å². The van der Waals surface area contributed by atoms with Crippen LogP contribution in [0.4, 0.5) is 0 Å². The van der Waals surface area contributed by atoms with Crippen molar-refractivity contribution in [3.8, 4) is 11.3 Å². The van der Waals surface area contributed by atoms with Crippen molar-refractivity contribution in [2.75, 3.05) is 0 Å². The van der Waals surface area contributed by atoms with Crippen LogP contribution in [-0.2, 0) is 0 Å². The molecule has 7 rings (SSSR count). The van der Waals surface area contributed by atoms with Gasteiger partial charge in [-0.2, -0.15) is 0 Å². The summed E-state index contributed by atoms with van der Waals surface area (Å²) in [5.74, 6) is 2.33. The number of aliphatic hydroxyl groups excluding tert-OH is 1. The third-order valence-electron chi connectivity index (χ3n) is 8.38. The number of hydrogen-bond acceptors (Lipinski definition) is 3. The van der Waals surface area contributed by atoms with E-state index in [9.17, 15) is 5.11 Å². The van der Waals surface area contributed by atoms with Crippen LogP contribution in [0.5, 0.6) is 0 Å². The molecular weight excluding hydrogens is 439 g/mol. The van der Waals surface area contributed by atoms with E-state index in [4.69, 9.17) is 33.9 Å². The zero-order valence-electron chi connectivity index (χ0n) is 18.0. The molecule has 3 nitrogen and oxygen atoms in total. The van der Waals surface area contributed by atoms with Crippen molar-refractivity contribution >= 4 is 34.1 Å². The molecule has 3 N–H and O–H groups in total. The summed E-state index contributed by atoms with van der Waals surface area (Å²) in [5.41, 5.74) is 10.2. The molecule has 1 heterocycles. The van der Waals surface area contributed by atoms with E-state index in [-0.39, 0.29) is 11.5 Å². The van der Waals surface area contributed by atoms with Crippen LogP contribution in [-0.4, -0.2) is 16.1 Å². The van der Waals surface area contributed by atoms with Crippen molar-refractivity contribution in [2.24, 2.45) is 28.9 Å². The highest BCUT2D eigenvalue weighted by atomic mass is 35.5. The zero-order chi connectivity index (χ0) is 22.0. The monoisotopic (exact) mass is 466 g/mol. The minimum Gasteiger partial charge on any atom is -0.387 e. The molecule has 0 radical (unpaired) electrons. The molecule has 166 valence electrons. The van der Waals surface area contributed by atoms with E-state index in [0.717, 1.165) is 59.2 Å². The molecule has 2 unspecified atom stereocenters. The van der Waals surface area contributed by atoms with Crippen LogP contribution in [0.2, 0.25) is 10.0 Å². The topological polar surface area (TPSA) is 59.1 Å². The Morgan fingerprint density at radius 1 is 0.938 bits per heavy atom. The SMILES string of the molecule is NC(C(O)c1cc(-c2ccccc2)nc2c(Cl)cc(Cl)cc12)C12CC3CC(CC(C3)C1)C2. The number of benzene rings is 2. The van der Waals surface area contributed by atoms with Crippen molar-refractivity contribution in [1.29, 1.82) is 0 Å².